The third-order valence-corrected chi connectivity index (χ3v) is 3.04. The van der Waals surface area contributed by atoms with E-state index in [0.29, 0.717) is 12.1 Å². The van der Waals surface area contributed by atoms with Gasteiger partial charge in [-0.15, -0.1) is 0 Å². The van der Waals surface area contributed by atoms with E-state index in [0.717, 1.165) is 11.4 Å². The van der Waals surface area contributed by atoms with Crippen molar-refractivity contribution in [1.82, 2.24) is 0 Å². The topological polar surface area (TPSA) is 58.4 Å². The maximum atomic E-state index is 11.0. The fraction of sp³-hybridized carbons (Fsp3) is 0.200. The average Bonchev–Trinajstić information content (AvgIpc) is 2.45. The number of nitrogens with zero attached hydrogens (tertiary/aromatic N) is 2. The second-order valence-corrected chi connectivity index (χ2v) is 4.65. The van der Waals surface area contributed by atoms with E-state index in [2.05, 4.69) is 5.32 Å². The van der Waals surface area contributed by atoms with Crippen LogP contribution in [0.1, 0.15) is 5.56 Å². The molecule has 0 saturated heterocycles. The van der Waals surface area contributed by atoms with E-state index in [-0.39, 0.29) is 10.6 Å². The highest BCUT2D eigenvalue weighted by Gasteiger charge is 2.12. The molecule has 0 fully saturated rings. The first-order chi connectivity index (χ1) is 9.59. The van der Waals surface area contributed by atoms with Gasteiger partial charge in [0, 0.05) is 32.3 Å². The van der Waals surface area contributed by atoms with Crippen LogP contribution in [0.2, 0.25) is 0 Å². The SMILES string of the molecule is CN(C)c1ccccc1NCc1ccccc1[N+](=O)[O-]. The smallest absolute Gasteiger partial charge is 0.274 e. The molecule has 0 saturated carbocycles. The minimum Gasteiger partial charge on any atom is -0.379 e. The molecule has 0 aliphatic heterocycles. The highest BCUT2D eigenvalue weighted by atomic mass is 16.6. The molecule has 0 aliphatic carbocycles. The standard InChI is InChI=1S/C15H17N3O2/c1-17(2)15-10-6-4-8-13(15)16-11-12-7-3-5-9-14(12)18(19)20/h3-10,16H,11H2,1-2H3. The van der Waals surface area contributed by atoms with Crippen LogP contribution < -0.4 is 10.2 Å². The van der Waals surface area contributed by atoms with Crippen LogP contribution in [0.15, 0.2) is 48.5 Å². The molecule has 2 aromatic carbocycles. The zero-order valence-electron chi connectivity index (χ0n) is 11.5. The molecule has 0 aromatic heterocycles. The Labute approximate surface area is 118 Å². The third kappa shape index (κ3) is 3.06. The van der Waals surface area contributed by atoms with Gasteiger partial charge in [-0.25, -0.2) is 0 Å². The lowest BCUT2D eigenvalue weighted by Gasteiger charge is -2.18. The molecule has 0 radical (unpaired) electrons. The van der Waals surface area contributed by atoms with Gasteiger partial charge in [0.25, 0.3) is 5.69 Å². The summed E-state index contributed by atoms with van der Waals surface area (Å²) in [6.45, 7) is 0.419. The largest absolute Gasteiger partial charge is 0.379 e. The molecule has 5 nitrogen and oxygen atoms in total. The van der Waals surface area contributed by atoms with Crippen LogP contribution in [0, 0.1) is 10.1 Å². The molecule has 20 heavy (non-hydrogen) atoms. The molecule has 0 atom stereocenters. The van der Waals surface area contributed by atoms with Gasteiger partial charge in [-0.2, -0.15) is 0 Å². The van der Waals surface area contributed by atoms with E-state index in [9.17, 15) is 10.1 Å². The normalized spacial score (nSPS) is 10.1. The van der Waals surface area contributed by atoms with Crippen molar-refractivity contribution in [3.05, 3.63) is 64.2 Å². The van der Waals surface area contributed by atoms with Crippen LogP contribution in [0.3, 0.4) is 0 Å². The van der Waals surface area contributed by atoms with E-state index >= 15 is 0 Å². The van der Waals surface area contributed by atoms with Gasteiger partial charge >= 0.3 is 0 Å². The summed E-state index contributed by atoms with van der Waals surface area (Å²) in [6.07, 6.45) is 0. The number of nitro groups is 1. The van der Waals surface area contributed by atoms with Gasteiger partial charge < -0.3 is 10.2 Å². The molecule has 0 unspecified atom stereocenters. The zero-order chi connectivity index (χ0) is 14.5. The lowest BCUT2D eigenvalue weighted by Crippen LogP contribution is -2.12. The van der Waals surface area contributed by atoms with Crippen LogP contribution in [0.5, 0.6) is 0 Å². The van der Waals surface area contributed by atoms with Gasteiger partial charge in [0.05, 0.1) is 16.3 Å². The van der Waals surface area contributed by atoms with Crippen molar-refractivity contribution < 1.29 is 4.92 Å². The number of para-hydroxylation sites is 3. The molecule has 2 rings (SSSR count). The van der Waals surface area contributed by atoms with E-state index < -0.39 is 0 Å². The number of nitrogens with one attached hydrogen (secondary N) is 1. The molecule has 2 aromatic rings. The van der Waals surface area contributed by atoms with Gasteiger partial charge in [-0.05, 0) is 12.1 Å². The quantitative estimate of drug-likeness (QED) is 0.669. The zero-order valence-corrected chi connectivity index (χ0v) is 11.5. The Bertz CT molecular complexity index is 612. The van der Waals surface area contributed by atoms with Crippen molar-refractivity contribution >= 4 is 17.1 Å². The van der Waals surface area contributed by atoms with Crippen molar-refractivity contribution in [3.8, 4) is 0 Å². The first kappa shape index (κ1) is 13.9. The average molecular weight is 271 g/mol. The number of benzene rings is 2. The summed E-state index contributed by atoms with van der Waals surface area (Å²) in [5.74, 6) is 0. The van der Waals surface area contributed by atoms with Crippen molar-refractivity contribution in [2.45, 2.75) is 6.54 Å². The Balaban J connectivity index is 2.20. The number of hydrogen-bond donors (Lipinski definition) is 1. The predicted molar refractivity (Wildman–Crippen MR) is 81.2 cm³/mol. The van der Waals surface area contributed by atoms with Gasteiger partial charge in [0.1, 0.15) is 0 Å². The van der Waals surface area contributed by atoms with Crippen LogP contribution in [0.4, 0.5) is 17.1 Å². The maximum Gasteiger partial charge on any atom is 0.274 e. The molecule has 0 aliphatic rings. The number of rotatable bonds is 5. The highest BCUT2D eigenvalue weighted by molar-refractivity contribution is 5.69. The third-order valence-electron chi connectivity index (χ3n) is 3.04. The Kier molecular flexibility index (Phi) is 4.20. The monoisotopic (exact) mass is 271 g/mol. The predicted octanol–water partition coefficient (Wildman–Crippen LogP) is 3.27. The summed E-state index contributed by atoms with van der Waals surface area (Å²) in [7, 11) is 3.93. The summed E-state index contributed by atoms with van der Waals surface area (Å²) < 4.78 is 0. The molecule has 104 valence electrons. The fourth-order valence-electron chi connectivity index (χ4n) is 2.04. The fourth-order valence-corrected chi connectivity index (χ4v) is 2.04. The lowest BCUT2D eigenvalue weighted by molar-refractivity contribution is -0.385. The number of hydrogen-bond acceptors (Lipinski definition) is 4. The lowest BCUT2D eigenvalue weighted by atomic mass is 10.1. The minimum absolute atomic E-state index is 0.141. The first-order valence-corrected chi connectivity index (χ1v) is 6.32. The molecule has 0 amide bonds. The summed E-state index contributed by atoms with van der Waals surface area (Å²) in [5.41, 5.74) is 2.81. The Morgan fingerprint density at radius 2 is 1.75 bits per heavy atom. The van der Waals surface area contributed by atoms with Crippen molar-refractivity contribution in [3.63, 3.8) is 0 Å². The van der Waals surface area contributed by atoms with Crippen molar-refractivity contribution in [1.29, 1.82) is 0 Å². The summed E-state index contributed by atoms with van der Waals surface area (Å²) >= 11 is 0. The van der Waals surface area contributed by atoms with E-state index in [1.807, 2.05) is 49.3 Å². The van der Waals surface area contributed by atoms with E-state index in [1.165, 1.54) is 6.07 Å². The van der Waals surface area contributed by atoms with Crippen LogP contribution in [0.25, 0.3) is 0 Å². The van der Waals surface area contributed by atoms with Crippen molar-refractivity contribution in [2.24, 2.45) is 0 Å². The summed E-state index contributed by atoms with van der Waals surface area (Å²) in [4.78, 5) is 12.6. The van der Waals surface area contributed by atoms with E-state index in [4.69, 9.17) is 0 Å². The molecule has 5 heteroatoms. The second-order valence-electron chi connectivity index (χ2n) is 4.65. The number of nitro benzene ring substituents is 1. The Morgan fingerprint density at radius 1 is 1.10 bits per heavy atom. The molecule has 1 N–H and O–H groups in total. The van der Waals surface area contributed by atoms with Gasteiger partial charge in [0.15, 0.2) is 0 Å². The Hall–Kier alpha value is -2.56. The second kappa shape index (κ2) is 6.06. The molecule has 0 bridgehead atoms. The van der Waals surface area contributed by atoms with Crippen LogP contribution >= 0.6 is 0 Å². The van der Waals surface area contributed by atoms with Crippen LogP contribution in [-0.2, 0) is 6.54 Å². The molecule has 0 heterocycles. The van der Waals surface area contributed by atoms with Gasteiger partial charge in [0.2, 0.25) is 0 Å². The Morgan fingerprint density at radius 3 is 2.45 bits per heavy atom. The summed E-state index contributed by atoms with van der Waals surface area (Å²) in [6, 6.07) is 14.6. The van der Waals surface area contributed by atoms with Gasteiger partial charge in [-0.1, -0.05) is 30.3 Å². The highest BCUT2D eigenvalue weighted by Crippen LogP contribution is 2.25. The molecule has 0 spiro atoms. The van der Waals surface area contributed by atoms with E-state index in [1.54, 1.807) is 12.1 Å². The minimum atomic E-state index is -0.352. The van der Waals surface area contributed by atoms with Gasteiger partial charge in [-0.3, -0.25) is 10.1 Å². The molecular formula is C15H17N3O2. The van der Waals surface area contributed by atoms with Crippen molar-refractivity contribution in [2.75, 3.05) is 24.3 Å². The maximum absolute atomic E-state index is 11.0. The first-order valence-electron chi connectivity index (χ1n) is 6.32. The molecular weight excluding hydrogens is 254 g/mol. The van der Waals surface area contributed by atoms with Crippen LogP contribution in [-0.4, -0.2) is 19.0 Å². The summed E-state index contributed by atoms with van der Waals surface area (Å²) in [5, 5.41) is 14.2. The number of anilines is 2.